The van der Waals surface area contributed by atoms with Crippen LogP contribution >= 0.6 is 0 Å². The normalized spacial score (nSPS) is 21.7. The molecule has 2 aromatic heterocycles. The highest BCUT2D eigenvalue weighted by Crippen LogP contribution is 2.36. The zero-order chi connectivity index (χ0) is 22.1. The van der Waals surface area contributed by atoms with E-state index in [0.29, 0.717) is 30.4 Å². The van der Waals surface area contributed by atoms with Crippen molar-refractivity contribution in [3.63, 3.8) is 0 Å². The standard InChI is InChI=1S/C25H31N5O2/c1-17-19-15-22(31)30(16-18-9-3-2-4-10-18)24(19)28-23(27-17)21-12-6-8-14-29(21)25(32)20-11-5-7-13-26-20/h5,7,11,13,18,21H,2-4,6,8-10,12,14-16H2,1H3. The third-order valence-electron chi connectivity index (χ3n) is 7.21. The maximum atomic E-state index is 13.2. The average Bonchev–Trinajstić information content (AvgIpc) is 3.15. The second-order valence-electron chi connectivity index (χ2n) is 9.38. The first kappa shape index (κ1) is 21.0. The van der Waals surface area contributed by atoms with Crippen molar-refractivity contribution in [2.24, 2.45) is 5.92 Å². The summed E-state index contributed by atoms with van der Waals surface area (Å²) in [5.41, 5.74) is 2.26. The largest absolute Gasteiger partial charge is 0.327 e. The Morgan fingerprint density at radius 3 is 2.66 bits per heavy atom. The average molecular weight is 434 g/mol. The van der Waals surface area contributed by atoms with Crippen LogP contribution < -0.4 is 4.90 Å². The van der Waals surface area contributed by atoms with Gasteiger partial charge in [0.05, 0.1) is 12.5 Å². The van der Waals surface area contributed by atoms with Gasteiger partial charge in [0.25, 0.3) is 5.91 Å². The lowest BCUT2D eigenvalue weighted by Crippen LogP contribution is -2.40. The Hall–Kier alpha value is -2.83. The van der Waals surface area contributed by atoms with E-state index in [4.69, 9.17) is 9.97 Å². The number of carbonyl (C=O) groups excluding carboxylic acids is 2. The summed E-state index contributed by atoms with van der Waals surface area (Å²) in [7, 11) is 0. The molecule has 3 aliphatic rings. The van der Waals surface area contributed by atoms with Crippen LogP contribution in [0.2, 0.25) is 0 Å². The summed E-state index contributed by atoms with van der Waals surface area (Å²) in [4.78, 5) is 43.9. The van der Waals surface area contributed by atoms with Crippen LogP contribution in [0.3, 0.4) is 0 Å². The van der Waals surface area contributed by atoms with Gasteiger partial charge in [0, 0.05) is 30.5 Å². The first-order valence-electron chi connectivity index (χ1n) is 12.0. The fraction of sp³-hybridized carbons (Fsp3) is 0.560. The topological polar surface area (TPSA) is 79.3 Å². The molecule has 4 heterocycles. The monoisotopic (exact) mass is 433 g/mol. The Bertz CT molecular complexity index is 1000. The number of nitrogens with zero attached hydrogens (tertiary/aromatic N) is 5. The van der Waals surface area contributed by atoms with E-state index in [0.717, 1.165) is 42.9 Å². The number of anilines is 1. The van der Waals surface area contributed by atoms with Crippen molar-refractivity contribution in [3.05, 3.63) is 47.2 Å². The van der Waals surface area contributed by atoms with Gasteiger partial charge in [-0.25, -0.2) is 9.97 Å². The SMILES string of the molecule is Cc1nc(C2CCCCN2C(=O)c2ccccn2)nc2c1CC(=O)N2CC1CCCCC1. The van der Waals surface area contributed by atoms with E-state index in [1.54, 1.807) is 12.3 Å². The number of rotatable bonds is 4. The fourth-order valence-electron chi connectivity index (χ4n) is 5.44. The summed E-state index contributed by atoms with van der Waals surface area (Å²) in [5, 5.41) is 0. The highest BCUT2D eigenvalue weighted by molar-refractivity contribution is 6.00. The van der Waals surface area contributed by atoms with E-state index < -0.39 is 0 Å². The van der Waals surface area contributed by atoms with Gasteiger partial charge in [-0.2, -0.15) is 0 Å². The molecule has 32 heavy (non-hydrogen) atoms. The molecule has 168 valence electrons. The minimum Gasteiger partial charge on any atom is -0.327 e. The van der Waals surface area contributed by atoms with Gasteiger partial charge in [0.2, 0.25) is 5.91 Å². The number of piperidine rings is 1. The number of pyridine rings is 1. The highest BCUT2D eigenvalue weighted by Gasteiger charge is 2.36. The molecule has 2 aromatic rings. The predicted molar refractivity (Wildman–Crippen MR) is 121 cm³/mol. The number of likely N-dealkylation sites (tertiary alicyclic amines) is 1. The Kier molecular flexibility index (Phi) is 5.89. The van der Waals surface area contributed by atoms with Gasteiger partial charge in [-0.15, -0.1) is 0 Å². The van der Waals surface area contributed by atoms with Crippen molar-refractivity contribution in [2.75, 3.05) is 18.0 Å². The van der Waals surface area contributed by atoms with Crippen molar-refractivity contribution in [3.8, 4) is 0 Å². The maximum absolute atomic E-state index is 13.2. The zero-order valence-corrected chi connectivity index (χ0v) is 18.8. The van der Waals surface area contributed by atoms with E-state index in [1.165, 1.54) is 32.1 Å². The molecule has 0 aromatic carbocycles. The number of fused-ring (bicyclic) bond motifs is 1. The van der Waals surface area contributed by atoms with Crippen LogP contribution in [-0.2, 0) is 11.2 Å². The molecule has 0 radical (unpaired) electrons. The molecule has 1 aliphatic carbocycles. The lowest BCUT2D eigenvalue weighted by Gasteiger charge is -2.35. The Morgan fingerprint density at radius 1 is 1.06 bits per heavy atom. The minimum absolute atomic E-state index is 0.0767. The van der Waals surface area contributed by atoms with E-state index in [9.17, 15) is 9.59 Å². The van der Waals surface area contributed by atoms with Gasteiger partial charge in [-0.05, 0) is 57.1 Å². The van der Waals surface area contributed by atoms with E-state index >= 15 is 0 Å². The minimum atomic E-state index is -0.186. The summed E-state index contributed by atoms with van der Waals surface area (Å²) in [6, 6.07) is 5.22. The van der Waals surface area contributed by atoms with Gasteiger partial charge in [0.15, 0.2) is 5.82 Å². The van der Waals surface area contributed by atoms with E-state index in [-0.39, 0.29) is 17.9 Å². The van der Waals surface area contributed by atoms with Gasteiger partial charge in [-0.1, -0.05) is 25.3 Å². The summed E-state index contributed by atoms with van der Waals surface area (Å²) < 4.78 is 0. The molecule has 2 aliphatic heterocycles. The van der Waals surface area contributed by atoms with Crippen molar-refractivity contribution < 1.29 is 9.59 Å². The predicted octanol–water partition coefficient (Wildman–Crippen LogP) is 4.02. The molecule has 7 nitrogen and oxygen atoms in total. The maximum Gasteiger partial charge on any atom is 0.273 e. The van der Waals surface area contributed by atoms with Gasteiger partial charge >= 0.3 is 0 Å². The van der Waals surface area contributed by atoms with Gasteiger partial charge in [0.1, 0.15) is 11.5 Å². The summed E-state index contributed by atoms with van der Waals surface area (Å²) in [6.07, 6.45) is 11.0. The molecule has 2 amide bonds. The second-order valence-corrected chi connectivity index (χ2v) is 9.38. The number of aryl methyl sites for hydroxylation is 1. The number of hydrogen-bond acceptors (Lipinski definition) is 5. The van der Waals surface area contributed by atoms with Crippen LogP contribution in [-0.4, -0.2) is 44.8 Å². The molecule has 0 spiro atoms. The quantitative estimate of drug-likeness (QED) is 0.728. The molecule has 1 saturated carbocycles. The van der Waals surface area contributed by atoms with E-state index in [1.807, 2.05) is 28.9 Å². The zero-order valence-electron chi connectivity index (χ0n) is 18.8. The summed E-state index contributed by atoms with van der Waals surface area (Å²) in [5.74, 6) is 2.04. The van der Waals surface area contributed by atoms with Crippen molar-refractivity contribution in [1.82, 2.24) is 19.9 Å². The molecular weight excluding hydrogens is 402 g/mol. The summed E-state index contributed by atoms with van der Waals surface area (Å²) >= 11 is 0. The van der Waals surface area contributed by atoms with Crippen molar-refractivity contribution >= 4 is 17.6 Å². The van der Waals surface area contributed by atoms with E-state index in [2.05, 4.69) is 4.98 Å². The van der Waals surface area contributed by atoms with Crippen molar-refractivity contribution in [1.29, 1.82) is 0 Å². The van der Waals surface area contributed by atoms with Crippen LogP contribution in [0, 0.1) is 12.8 Å². The van der Waals surface area contributed by atoms with Crippen LogP contribution in [0.1, 0.15) is 85.0 Å². The summed E-state index contributed by atoms with van der Waals surface area (Å²) in [6.45, 7) is 3.39. The van der Waals surface area contributed by atoms with Crippen LogP contribution in [0.15, 0.2) is 24.4 Å². The molecule has 1 atom stereocenters. The third kappa shape index (κ3) is 4.00. The lowest BCUT2D eigenvalue weighted by atomic mass is 9.89. The molecular formula is C25H31N5O2. The Morgan fingerprint density at radius 2 is 1.88 bits per heavy atom. The van der Waals surface area contributed by atoms with Crippen LogP contribution in [0.4, 0.5) is 5.82 Å². The van der Waals surface area contributed by atoms with Crippen molar-refractivity contribution in [2.45, 2.75) is 70.8 Å². The Balaban J connectivity index is 1.45. The first-order valence-corrected chi connectivity index (χ1v) is 12.0. The molecule has 2 fully saturated rings. The van der Waals surface area contributed by atoms with Gasteiger partial charge < -0.3 is 4.90 Å². The third-order valence-corrected chi connectivity index (χ3v) is 7.21. The number of amides is 2. The fourth-order valence-corrected chi connectivity index (χ4v) is 5.44. The number of carbonyl (C=O) groups is 2. The molecule has 0 bridgehead atoms. The second kappa shape index (κ2) is 8.96. The van der Waals surface area contributed by atoms with Crippen LogP contribution in [0.25, 0.3) is 0 Å². The molecule has 1 unspecified atom stereocenters. The Labute approximate surface area is 189 Å². The smallest absolute Gasteiger partial charge is 0.273 e. The van der Waals surface area contributed by atoms with Crippen LogP contribution in [0.5, 0.6) is 0 Å². The van der Waals surface area contributed by atoms with Gasteiger partial charge in [-0.3, -0.25) is 19.5 Å². The highest BCUT2D eigenvalue weighted by atomic mass is 16.2. The molecule has 7 heteroatoms. The molecule has 0 N–H and O–H groups in total. The number of hydrogen-bond donors (Lipinski definition) is 0. The lowest BCUT2D eigenvalue weighted by molar-refractivity contribution is -0.117. The molecule has 5 rings (SSSR count). The first-order chi connectivity index (χ1) is 15.6. The molecule has 1 saturated heterocycles. The number of aromatic nitrogens is 3.